The highest BCUT2D eigenvalue weighted by atomic mass is 16.5. The smallest absolute Gasteiger partial charge is 0.255 e. The summed E-state index contributed by atoms with van der Waals surface area (Å²) >= 11 is 0. The van der Waals surface area contributed by atoms with E-state index in [2.05, 4.69) is 57.4 Å². The molecule has 3 aliphatic heterocycles. The third-order valence-corrected chi connectivity index (χ3v) is 8.06. The van der Waals surface area contributed by atoms with E-state index in [1.807, 2.05) is 42.6 Å². The van der Waals surface area contributed by atoms with Crippen molar-refractivity contribution in [2.75, 3.05) is 13.1 Å². The molecule has 1 aromatic heterocycles. The van der Waals surface area contributed by atoms with Gasteiger partial charge in [0.25, 0.3) is 5.91 Å². The molecule has 0 radical (unpaired) electrons. The normalized spacial score (nSPS) is 23.1. The molecule has 0 aliphatic carbocycles. The van der Waals surface area contributed by atoms with Gasteiger partial charge in [-0.05, 0) is 60.7 Å². The number of nitrogens with one attached hydrogen (secondary N) is 2. The van der Waals surface area contributed by atoms with Gasteiger partial charge in [0, 0.05) is 56.2 Å². The summed E-state index contributed by atoms with van der Waals surface area (Å²) in [6.45, 7) is 7.52. The van der Waals surface area contributed by atoms with Crippen molar-refractivity contribution in [2.24, 2.45) is 0 Å². The maximum absolute atomic E-state index is 13.2. The lowest BCUT2D eigenvalue weighted by atomic mass is 10.0. The minimum absolute atomic E-state index is 0.0810. The molecule has 6 rings (SSSR count). The fourth-order valence-electron chi connectivity index (χ4n) is 5.92. The van der Waals surface area contributed by atoms with Crippen LogP contribution in [0.2, 0.25) is 0 Å². The van der Waals surface area contributed by atoms with E-state index in [0.717, 1.165) is 49.6 Å². The summed E-state index contributed by atoms with van der Waals surface area (Å²) in [5, 5.41) is 6.53. The van der Waals surface area contributed by atoms with Gasteiger partial charge >= 0.3 is 0 Å². The first-order valence-corrected chi connectivity index (χ1v) is 14.0. The van der Waals surface area contributed by atoms with Gasteiger partial charge in [-0.3, -0.25) is 19.5 Å². The SMILES string of the molecule is C=C1CCC(N2Cc3cc(OC4CN(Cc5ccccn5)CCC4NCc4ccccc4)ccc3C2=O)C(=O)N1. The molecular weight excluding hydrogens is 502 g/mol. The van der Waals surface area contributed by atoms with Gasteiger partial charge in [0.15, 0.2) is 0 Å². The summed E-state index contributed by atoms with van der Waals surface area (Å²) in [6.07, 6.45) is 3.97. The second kappa shape index (κ2) is 11.6. The number of benzene rings is 2. The third kappa shape index (κ3) is 5.78. The third-order valence-electron chi connectivity index (χ3n) is 8.06. The van der Waals surface area contributed by atoms with Crippen LogP contribution in [0.1, 0.15) is 46.4 Å². The largest absolute Gasteiger partial charge is 0.487 e. The molecule has 2 amide bonds. The van der Waals surface area contributed by atoms with Crippen molar-refractivity contribution in [1.82, 2.24) is 25.4 Å². The van der Waals surface area contributed by atoms with E-state index in [4.69, 9.17) is 4.74 Å². The number of hydrogen-bond donors (Lipinski definition) is 2. The molecule has 2 N–H and O–H groups in total. The summed E-state index contributed by atoms with van der Waals surface area (Å²) in [5.41, 5.74) is 4.53. The maximum atomic E-state index is 13.2. The monoisotopic (exact) mass is 537 g/mol. The zero-order valence-electron chi connectivity index (χ0n) is 22.6. The quantitative estimate of drug-likeness (QED) is 0.456. The number of fused-ring (bicyclic) bond motifs is 1. The van der Waals surface area contributed by atoms with Crippen LogP contribution in [0.25, 0.3) is 0 Å². The fraction of sp³-hybridized carbons (Fsp3) is 0.344. The van der Waals surface area contributed by atoms with Gasteiger partial charge in [0.05, 0.1) is 5.69 Å². The van der Waals surface area contributed by atoms with Crippen LogP contribution in [-0.4, -0.2) is 57.9 Å². The summed E-state index contributed by atoms with van der Waals surface area (Å²) in [5.74, 6) is 0.485. The second-order valence-electron chi connectivity index (χ2n) is 10.9. The Labute approximate surface area is 235 Å². The average molecular weight is 538 g/mol. The molecule has 3 aliphatic rings. The lowest BCUT2D eigenvalue weighted by Gasteiger charge is -2.39. The van der Waals surface area contributed by atoms with Gasteiger partial charge in [-0.25, -0.2) is 0 Å². The number of rotatable bonds is 8. The number of nitrogens with zero attached hydrogens (tertiary/aromatic N) is 3. The molecule has 2 aromatic carbocycles. The highest BCUT2D eigenvalue weighted by molar-refractivity contribution is 6.01. The number of likely N-dealkylation sites (tertiary alicyclic amines) is 1. The van der Waals surface area contributed by atoms with E-state index in [1.165, 1.54) is 5.56 Å². The van der Waals surface area contributed by atoms with E-state index in [0.29, 0.717) is 30.6 Å². The molecule has 0 saturated carbocycles. The Morgan fingerprint density at radius 3 is 2.70 bits per heavy atom. The van der Waals surface area contributed by atoms with Crippen LogP contribution in [0.15, 0.2) is 85.2 Å². The van der Waals surface area contributed by atoms with Crippen molar-refractivity contribution in [2.45, 2.75) is 57.1 Å². The van der Waals surface area contributed by atoms with Crippen LogP contribution >= 0.6 is 0 Å². The first-order valence-electron chi connectivity index (χ1n) is 14.0. The Morgan fingerprint density at radius 2 is 1.90 bits per heavy atom. The molecule has 206 valence electrons. The lowest BCUT2D eigenvalue weighted by Crippen LogP contribution is -2.54. The van der Waals surface area contributed by atoms with E-state index < -0.39 is 6.04 Å². The number of ether oxygens (including phenoxy) is 1. The van der Waals surface area contributed by atoms with Gasteiger partial charge in [-0.2, -0.15) is 0 Å². The van der Waals surface area contributed by atoms with Gasteiger partial charge in [0.2, 0.25) is 5.91 Å². The number of pyridine rings is 1. The molecule has 3 aromatic rings. The van der Waals surface area contributed by atoms with Crippen LogP contribution in [-0.2, 0) is 24.4 Å². The summed E-state index contributed by atoms with van der Waals surface area (Å²) < 4.78 is 6.66. The Morgan fingerprint density at radius 1 is 1.05 bits per heavy atom. The van der Waals surface area contributed by atoms with E-state index in [9.17, 15) is 9.59 Å². The van der Waals surface area contributed by atoms with Crippen LogP contribution in [0, 0.1) is 0 Å². The first kappa shape index (κ1) is 26.2. The van der Waals surface area contributed by atoms with Crippen molar-refractivity contribution in [3.8, 4) is 5.75 Å². The van der Waals surface area contributed by atoms with E-state index in [1.54, 1.807) is 4.90 Å². The molecule has 40 heavy (non-hydrogen) atoms. The van der Waals surface area contributed by atoms with Crippen LogP contribution in [0.3, 0.4) is 0 Å². The number of carbonyl (C=O) groups excluding carboxylic acids is 2. The average Bonchev–Trinajstić information content (AvgIpc) is 3.29. The molecule has 3 unspecified atom stereocenters. The van der Waals surface area contributed by atoms with Gasteiger partial charge in [0.1, 0.15) is 17.9 Å². The van der Waals surface area contributed by atoms with Crippen molar-refractivity contribution in [3.63, 3.8) is 0 Å². The number of carbonyl (C=O) groups is 2. The summed E-state index contributed by atoms with van der Waals surface area (Å²) in [7, 11) is 0. The zero-order valence-corrected chi connectivity index (χ0v) is 22.6. The van der Waals surface area contributed by atoms with Gasteiger partial charge < -0.3 is 20.3 Å². The molecular formula is C32H35N5O3. The highest BCUT2D eigenvalue weighted by Gasteiger charge is 2.38. The van der Waals surface area contributed by atoms with Crippen LogP contribution in [0.5, 0.6) is 5.75 Å². The molecule has 0 bridgehead atoms. The number of allylic oxidation sites excluding steroid dienone is 1. The van der Waals surface area contributed by atoms with Gasteiger partial charge in [-0.1, -0.05) is 43.0 Å². The fourth-order valence-corrected chi connectivity index (χ4v) is 5.92. The standard InChI is InChI=1S/C32H35N5O3/c1-22-10-13-29(31(38)35-22)37-19-24-17-26(11-12-27(24)32(37)39)40-30-21-36(20-25-9-5-6-15-33-25)16-14-28(30)34-18-23-7-3-2-4-8-23/h2-9,11-12,15,17,28-30,34H,1,10,13-14,16,18-21H2,(H,35,38). The zero-order chi connectivity index (χ0) is 27.5. The summed E-state index contributed by atoms with van der Waals surface area (Å²) in [4.78, 5) is 34.3. The Kier molecular flexibility index (Phi) is 7.62. The van der Waals surface area contributed by atoms with E-state index in [-0.39, 0.29) is 24.0 Å². The number of aromatic nitrogens is 1. The predicted octanol–water partition coefficient (Wildman–Crippen LogP) is 3.64. The van der Waals surface area contributed by atoms with Gasteiger partial charge in [-0.15, -0.1) is 0 Å². The van der Waals surface area contributed by atoms with Crippen molar-refractivity contribution >= 4 is 11.8 Å². The molecule has 4 heterocycles. The molecule has 0 spiro atoms. The molecule has 8 heteroatoms. The van der Waals surface area contributed by atoms with Crippen LogP contribution < -0.4 is 15.4 Å². The number of amides is 2. The predicted molar refractivity (Wildman–Crippen MR) is 152 cm³/mol. The van der Waals surface area contributed by atoms with Crippen molar-refractivity contribution < 1.29 is 14.3 Å². The molecule has 8 nitrogen and oxygen atoms in total. The molecule has 2 fully saturated rings. The second-order valence-corrected chi connectivity index (χ2v) is 10.9. The Hall–Kier alpha value is -4.01. The maximum Gasteiger partial charge on any atom is 0.255 e. The lowest BCUT2D eigenvalue weighted by molar-refractivity contribution is -0.126. The Bertz CT molecular complexity index is 1380. The highest BCUT2D eigenvalue weighted by Crippen LogP contribution is 2.31. The number of hydrogen-bond acceptors (Lipinski definition) is 6. The summed E-state index contributed by atoms with van der Waals surface area (Å²) in [6, 6.07) is 21.8. The molecule has 2 saturated heterocycles. The van der Waals surface area contributed by atoms with E-state index >= 15 is 0 Å². The van der Waals surface area contributed by atoms with Crippen molar-refractivity contribution in [3.05, 3.63) is 108 Å². The minimum Gasteiger partial charge on any atom is -0.487 e. The minimum atomic E-state index is -0.472. The topological polar surface area (TPSA) is 86.8 Å². The Balaban J connectivity index is 1.17. The van der Waals surface area contributed by atoms with Crippen LogP contribution in [0.4, 0.5) is 0 Å². The molecule has 3 atom stereocenters. The number of piperidine rings is 2. The van der Waals surface area contributed by atoms with Crippen molar-refractivity contribution in [1.29, 1.82) is 0 Å². The first-order chi connectivity index (χ1) is 19.5.